The topological polar surface area (TPSA) is 51.0 Å². The molecule has 0 atom stereocenters. The molecular formula is C21H20N4O. The maximum absolute atomic E-state index is 13.0. The van der Waals surface area contributed by atoms with Crippen molar-refractivity contribution in [2.75, 3.05) is 0 Å². The van der Waals surface area contributed by atoms with Gasteiger partial charge in [-0.2, -0.15) is 0 Å². The van der Waals surface area contributed by atoms with Crippen molar-refractivity contribution in [3.8, 4) is 11.1 Å². The van der Waals surface area contributed by atoms with Crippen molar-refractivity contribution >= 4 is 5.91 Å². The van der Waals surface area contributed by atoms with Crippen LogP contribution in [0.1, 0.15) is 35.6 Å². The molecule has 1 fully saturated rings. The van der Waals surface area contributed by atoms with Crippen LogP contribution in [0.5, 0.6) is 0 Å². The summed E-state index contributed by atoms with van der Waals surface area (Å²) in [5.74, 6) is 0.625. The van der Waals surface area contributed by atoms with Gasteiger partial charge in [-0.25, -0.2) is 4.68 Å². The third-order valence-corrected chi connectivity index (χ3v) is 5.25. The molecule has 0 N–H and O–H groups in total. The quantitative estimate of drug-likeness (QED) is 0.732. The molecule has 1 aliphatic heterocycles. The van der Waals surface area contributed by atoms with E-state index in [2.05, 4.69) is 46.7 Å². The lowest BCUT2D eigenvalue weighted by molar-refractivity contribution is -0.133. The van der Waals surface area contributed by atoms with E-state index in [1.807, 2.05) is 23.2 Å². The Hall–Kier alpha value is -2.95. The highest BCUT2D eigenvalue weighted by Gasteiger charge is 2.27. The summed E-state index contributed by atoms with van der Waals surface area (Å²) in [6.07, 6.45) is 4.30. The first kappa shape index (κ1) is 15.3. The van der Waals surface area contributed by atoms with Crippen LogP contribution in [0.25, 0.3) is 11.1 Å². The number of fused-ring (bicyclic) bond motifs is 3. The van der Waals surface area contributed by atoms with E-state index in [9.17, 15) is 4.79 Å². The minimum atomic E-state index is 0.0729. The Balaban J connectivity index is 1.43. The average Bonchev–Trinajstić information content (AvgIpc) is 3.44. The molecule has 26 heavy (non-hydrogen) atoms. The van der Waals surface area contributed by atoms with Crippen molar-refractivity contribution in [2.45, 2.75) is 38.4 Å². The molecule has 0 spiro atoms. The molecule has 3 aromatic rings. The highest BCUT2D eigenvalue weighted by atomic mass is 16.2. The van der Waals surface area contributed by atoms with Crippen molar-refractivity contribution in [1.29, 1.82) is 0 Å². The van der Waals surface area contributed by atoms with Crippen molar-refractivity contribution in [1.82, 2.24) is 19.9 Å². The molecule has 1 amide bonds. The molecule has 0 unspecified atom stereocenters. The summed E-state index contributed by atoms with van der Waals surface area (Å²) in [6, 6.07) is 16.7. The van der Waals surface area contributed by atoms with Gasteiger partial charge in [0.2, 0.25) is 5.91 Å². The first-order chi connectivity index (χ1) is 12.8. The van der Waals surface area contributed by atoms with Crippen LogP contribution in [-0.2, 0) is 24.4 Å². The Morgan fingerprint density at radius 3 is 2.19 bits per heavy atom. The Bertz CT molecular complexity index is 926. The molecule has 0 radical (unpaired) electrons. The summed E-state index contributed by atoms with van der Waals surface area (Å²) in [7, 11) is 0. The van der Waals surface area contributed by atoms with Gasteiger partial charge in [0.25, 0.3) is 0 Å². The minimum absolute atomic E-state index is 0.0729. The maximum Gasteiger partial charge on any atom is 0.244 e. The maximum atomic E-state index is 13.0. The summed E-state index contributed by atoms with van der Waals surface area (Å²) < 4.78 is 1.68. The highest BCUT2D eigenvalue weighted by Crippen LogP contribution is 2.38. The molecule has 2 aliphatic rings. The average molecular weight is 344 g/mol. The van der Waals surface area contributed by atoms with E-state index in [4.69, 9.17) is 0 Å². The lowest BCUT2D eigenvalue weighted by Gasteiger charge is -2.21. The zero-order chi connectivity index (χ0) is 17.5. The summed E-state index contributed by atoms with van der Waals surface area (Å²) in [5.41, 5.74) is 5.82. The van der Waals surface area contributed by atoms with Crippen LogP contribution < -0.4 is 0 Å². The first-order valence-corrected chi connectivity index (χ1v) is 9.12. The van der Waals surface area contributed by atoms with E-state index in [1.165, 1.54) is 35.1 Å². The van der Waals surface area contributed by atoms with E-state index in [-0.39, 0.29) is 12.5 Å². The van der Waals surface area contributed by atoms with Gasteiger partial charge in [-0.05, 0) is 35.1 Å². The second kappa shape index (κ2) is 6.09. The van der Waals surface area contributed by atoms with Crippen LogP contribution in [0.4, 0.5) is 0 Å². The lowest BCUT2D eigenvalue weighted by atomic mass is 9.97. The third kappa shape index (κ3) is 2.79. The summed E-state index contributed by atoms with van der Waals surface area (Å²) >= 11 is 0. The molecule has 0 saturated heterocycles. The second-order valence-corrected chi connectivity index (χ2v) is 7.18. The van der Waals surface area contributed by atoms with Crippen molar-refractivity contribution in [3.63, 3.8) is 0 Å². The van der Waals surface area contributed by atoms with Crippen LogP contribution >= 0.6 is 0 Å². The Kier molecular flexibility index (Phi) is 3.59. The fourth-order valence-electron chi connectivity index (χ4n) is 3.68. The summed E-state index contributed by atoms with van der Waals surface area (Å²) in [5, 5.41) is 8.35. The van der Waals surface area contributed by atoms with Crippen LogP contribution in [0.2, 0.25) is 0 Å². The van der Waals surface area contributed by atoms with Crippen LogP contribution in [0.15, 0.2) is 54.7 Å². The molecule has 1 aromatic heterocycles. The molecular weight excluding hydrogens is 324 g/mol. The smallest absolute Gasteiger partial charge is 0.244 e. The predicted molar refractivity (Wildman–Crippen MR) is 98.1 cm³/mol. The molecule has 1 aliphatic carbocycles. The molecule has 0 bridgehead atoms. The van der Waals surface area contributed by atoms with E-state index >= 15 is 0 Å². The zero-order valence-corrected chi connectivity index (χ0v) is 14.5. The number of carbonyl (C=O) groups excluding carboxylic acids is 1. The Morgan fingerprint density at radius 1 is 0.962 bits per heavy atom. The number of benzene rings is 2. The largest absolute Gasteiger partial charge is 0.332 e. The fraction of sp³-hybridized carbons (Fsp3) is 0.286. The SMILES string of the molecule is O=C(Cn1cc(C2CC2)nn1)N1Cc2ccccc2-c2ccccc2C1. The van der Waals surface area contributed by atoms with Crippen molar-refractivity contribution < 1.29 is 4.79 Å². The minimum Gasteiger partial charge on any atom is -0.332 e. The van der Waals surface area contributed by atoms with Gasteiger partial charge in [-0.3, -0.25) is 4.79 Å². The summed E-state index contributed by atoms with van der Waals surface area (Å²) in [4.78, 5) is 14.9. The van der Waals surface area contributed by atoms with Crippen LogP contribution in [0, 0.1) is 0 Å². The molecule has 2 heterocycles. The number of rotatable bonds is 3. The normalized spacial score (nSPS) is 15.9. The molecule has 5 nitrogen and oxygen atoms in total. The molecule has 130 valence electrons. The Morgan fingerprint density at radius 2 is 1.58 bits per heavy atom. The van der Waals surface area contributed by atoms with Crippen molar-refractivity contribution in [3.05, 3.63) is 71.5 Å². The van der Waals surface area contributed by atoms with Crippen LogP contribution in [-0.4, -0.2) is 25.8 Å². The van der Waals surface area contributed by atoms with Gasteiger partial charge in [0.15, 0.2) is 0 Å². The third-order valence-electron chi connectivity index (χ3n) is 5.25. The van der Waals surface area contributed by atoms with Gasteiger partial charge < -0.3 is 4.90 Å². The van der Waals surface area contributed by atoms with Gasteiger partial charge >= 0.3 is 0 Å². The van der Waals surface area contributed by atoms with Gasteiger partial charge in [-0.1, -0.05) is 53.7 Å². The van der Waals surface area contributed by atoms with E-state index < -0.39 is 0 Å². The highest BCUT2D eigenvalue weighted by molar-refractivity contribution is 5.79. The van der Waals surface area contributed by atoms with Crippen molar-refractivity contribution in [2.24, 2.45) is 0 Å². The van der Waals surface area contributed by atoms with Crippen LogP contribution in [0.3, 0.4) is 0 Å². The lowest BCUT2D eigenvalue weighted by Crippen LogP contribution is -2.32. The predicted octanol–water partition coefficient (Wildman–Crippen LogP) is 3.36. The van der Waals surface area contributed by atoms with Gasteiger partial charge in [0, 0.05) is 25.2 Å². The number of hydrogen-bond donors (Lipinski definition) is 0. The number of carbonyl (C=O) groups is 1. The molecule has 1 saturated carbocycles. The number of amides is 1. The van der Waals surface area contributed by atoms with Gasteiger partial charge in [0.1, 0.15) is 6.54 Å². The van der Waals surface area contributed by atoms with Gasteiger partial charge in [0.05, 0.1) is 5.69 Å². The van der Waals surface area contributed by atoms with E-state index in [0.717, 1.165) is 5.69 Å². The monoisotopic (exact) mass is 344 g/mol. The second-order valence-electron chi connectivity index (χ2n) is 7.18. The van der Waals surface area contributed by atoms with Gasteiger partial charge in [-0.15, -0.1) is 5.10 Å². The van der Waals surface area contributed by atoms with E-state index in [0.29, 0.717) is 19.0 Å². The number of nitrogens with zero attached hydrogens (tertiary/aromatic N) is 4. The number of hydrogen-bond acceptors (Lipinski definition) is 3. The first-order valence-electron chi connectivity index (χ1n) is 9.12. The zero-order valence-electron chi connectivity index (χ0n) is 14.5. The Labute approximate surface area is 152 Å². The standard InChI is InChI=1S/C21H20N4O/c26-21(14-25-13-20(22-23-25)15-9-10-15)24-11-16-5-1-3-7-18(16)19-8-4-2-6-17(19)12-24/h1-8,13,15H,9-12,14H2. The summed E-state index contributed by atoms with van der Waals surface area (Å²) in [6.45, 7) is 1.48. The molecule has 5 rings (SSSR count). The number of aromatic nitrogens is 3. The van der Waals surface area contributed by atoms with E-state index in [1.54, 1.807) is 4.68 Å². The molecule has 5 heteroatoms. The fourth-order valence-corrected chi connectivity index (χ4v) is 3.68. The molecule has 2 aromatic carbocycles.